The van der Waals surface area contributed by atoms with Crippen LogP contribution >= 0.6 is 7.92 Å². The van der Waals surface area contributed by atoms with Gasteiger partial charge < -0.3 is 9.47 Å². The minimum atomic E-state index is -0.571. The van der Waals surface area contributed by atoms with Crippen molar-refractivity contribution < 1.29 is 9.47 Å². The first-order valence-electron chi connectivity index (χ1n) is 12.7. The van der Waals surface area contributed by atoms with Gasteiger partial charge in [-0.2, -0.15) is 0 Å². The second kappa shape index (κ2) is 11.4. The van der Waals surface area contributed by atoms with Gasteiger partial charge in [-0.3, -0.25) is 9.80 Å². The first-order chi connectivity index (χ1) is 16.1. The monoisotopic (exact) mass is 484 g/mol. The van der Waals surface area contributed by atoms with E-state index in [2.05, 4.69) is 114 Å². The van der Waals surface area contributed by atoms with Gasteiger partial charge in [-0.15, -0.1) is 0 Å². The van der Waals surface area contributed by atoms with E-state index >= 15 is 0 Å². The number of methoxy groups -OCH3 is 2. The predicted octanol–water partition coefficient (Wildman–Crippen LogP) is 5.49. The molecule has 2 aromatic rings. The lowest BCUT2D eigenvalue weighted by Crippen LogP contribution is -2.46. The van der Waals surface area contributed by atoms with E-state index in [-0.39, 0.29) is 0 Å². The molecule has 1 saturated carbocycles. The molecule has 34 heavy (non-hydrogen) atoms. The molecule has 2 atom stereocenters. The number of nitrogens with zero attached hydrogens (tertiary/aromatic N) is 2. The Morgan fingerprint density at radius 2 is 0.853 bits per heavy atom. The largest absolute Gasteiger partial charge is 0.497 e. The summed E-state index contributed by atoms with van der Waals surface area (Å²) in [6.07, 6.45) is 0. The molecule has 0 radical (unpaired) electrons. The van der Waals surface area contributed by atoms with Crippen molar-refractivity contribution in [3.63, 3.8) is 0 Å². The van der Waals surface area contributed by atoms with Gasteiger partial charge in [0, 0.05) is 41.9 Å². The SMILES string of the molecule is COc1ccc(P(c2ccc(OC)cc2)C2C(N(C(C)C)C(C)C)C2N(C(C)C)C(C)C)cc1. The Hall–Kier alpha value is -1.61. The Labute approximate surface area is 209 Å². The van der Waals surface area contributed by atoms with Crippen LogP contribution in [0.5, 0.6) is 11.5 Å². The van der Waals surface area contributed by atoms with Crippen molar-refractivity contribution in [1.29, 1.82) is 0 Å². The molecule has 4 nitrogen and oxygen atoms in total. The molecule has 0 saturated heterocycles. The third-order valence-corrected chi connectivity index (χ3v) is 9.90. The van der Waals surface area contributed by atoms with E-state index in [9.17, 15) is 0 Å². The van der Waals surface area contributed by atoms with Crippen LogP contribution < -0.4 is 20.1 Å². The molecule has 0 amide bonds. The zero-order valence-electron chi connectivity index (χ0n) is 22.8. The van der Waals surface area contributed by atoms with Crippen molar-refractivity contribution in [2.45, 2.75) is 97.3 Å². The number of ether oxygens (including phenoxy) is 2. The average molecular weight is 485 g/mol. The van der Waals surface area contributed by atoms with E-state index in [1.165, 1.54) is 10.6 Å². The molecule has 0 aromatic heterocycles. The maximum Gasteiger partial charge on any atom is 0.118 e. The summed E-state index contributed by atoms with van der Waals surface area (Å²) in [7, 11) is 2.90. The molecule has 0 aliphatic heterocycles. The van der Waals surface area contributed by atoms with Crippen molar-refractivity contribution in [2.24, 2.45) is 0 Å². The van der Waals surface area contributed by atoms with Crippen LogP contribution in [0.1, 0.15) is 55.4 Å². The second-order valence-electron chi connectivity index (χ2n) is 10.5. The number of benzene rings is 2. The smallest absolute Gasteiger partial charge is 0.118 e. The molecule has 0 bridgehead atoms. The highest BCUT2D eigenvalue weighted by Gasteiger charge is 2.61. The zero-order valence-corrected chi connectivity index (χ0v) is 23.7. The second-order valence-corrected chi connectivity index (χ2v) is 12.9. The minimum absolute atomic E-state index is 0.502. The Morgan fingerprint density at radius 1 is 0.559 bits per heavy atom. The number of rotatable bonds is 11. The van der Waals surface area contributed by atoms with E-state index in [1.807, 2.05) is 0 Å². The van der Waals surface area contributed by atoms with E-state index in [0.717, 1.165) is 11.5 Å². The van der Waals surface area contributed by atoms with Gasteiger partial charge in [0.05, 0.1) is 14.2 Å². The van der Waals surface area contributed by atoms with Gasteiger partial charge in [-0.25, -0.2) is 0 Å². The third kappa shape index (κ3) is 5.61. The fraction of sp³-hybridized carbons (Fsp3) is 0.586. The Bertz CT molecular complexity index is 806. The van der Waals surface area contributed by atoms with Gasteiger partial charge in [-0.1, -0.05) is 24.3 Å². The Balaban J connectivity index is 2.14. The van der Waals surface area contributed by atoms with Gasteiger partial charge in [0.25, 0.3) is 0 Å². The molecule has 188 valence electrons. The minimum Gasteiger partial charge on any atom is -0.497 e. The highest BCUT2D eigenvalue weighted by Crippen LogP contribution is 2.57. The Morgan fingerprint density at radius 3 is 1.09 bits per heavy atom. The molecule has 3 rings (SSSR count). The summed E-state index contributed by atoms with van der Waals surface area (Å²) in [6, 6.07) is 20.7. The quantitative estimate of drug-likeness (QED) is 0.394. The van der Waals surface area contributed by atoms with Crippen LogP contribution in [0.25, 0.3) is 0 Å². The molecule has 2 aromatic carbocycles. The maximum absolute atomic E-state index is 5.48. The molecule has 5 heteroatoms. The topological polar surface area (TPSA) is 24.9 Å². The van der Waals surface area contributed by atoms with Crippen LogP contribution in [0.2, 0.25) is 0 Å². The third-order valence-electron chi connectivity index (χ3n) is 6.98. The Kier molecular flexibility index (Phi) is 9.06. The molecule has 1 aliphatic rings. The van der Waals surface area contributed by atoms with Crippen LogP contribution in [0.4, 0.5) is 0 Å². The van der Waals surface area contributed by atoms with Crippen LogP contribution in [0.3, 0.4) is 0 Å². The lowest BCUT2D eigenvalue weighted by molar-refractivity contribution is 0.108. The summed E-state index contributed by atoms with van der Waals surface area (Å²) < 4.78 is 11.0. The lowest BCUT2D eigenvalue weighted by Gasteiger charge is -2.35. The standard InChI is InChI=1S/C29H45N2O2P/c1-19(2)30(20(3)4)27-28(31(21(5)6)22(7)8)29(27)34(25-15-11-23(32-9)12-16-25)26-17-13-24(33-10)14-18-26/h11-22,27-29H,1-10H3. The fourth-order valence-corrected chi connectivity index (χ4v) is 8.92. The van der Waals surface area contributed by atoms with Crippen LogP contribution in [-0.2, 0) is 0 Å². The van der Waals surface area contributed by atoms with Crippen LogP contribution in [0.15, 0.2) is 48.5 Å². The zero-order chi connectivity index (χ0) is 25.2. The molecule has 1 aliphatic carbocycles. The maximum atomic E-state index is 5.48. The van der Waals surface area contributed by atoms with E-state index in [4.69, 9.17) is 9.47 Å². The van der Waals surface area contributed by atoms with Gasteiger partial charge >= 0.3 is 0 Å². The molecular weight excluding hydrogens is 439 g/mol. The summed E-state index contributed by atoms with van der Waals surface area (Å²) in [5, 5.41) is 2.83. The lowest BCUT2D eigenvalue weighted by atomic mass is 10.2. The average Bonchev–Trinajstić information content (AvgIpc) is 3.46. The molecular formula is C29H45N2O2P. The van der Waals surface area contributed by atoms with Crippen molar-refractivity contribution in [2.75, 3.05) is 14.2 Å². The highest BCUT2D eigenvalue weighted by molar-refractivity contribution is 7.74. The van der Waals surface area contributed by atoms with Crippen molar-refractivity contribution >= 4 is 18.5 Å². The van der Waals surface area contributed by atoms with Crippen molar-refractivity contribution in [1.82, 2.24) is 9.80 Å². The summed E-state index contributed by atoms with van der Waals surface area (Å²) in [6.45, 7) is 18.8. The molecule has 0 N–H and O–H groups in total. The summed E-state index contributed by atoms with van der Waals surface area (Å²) in [5.74, 6) is 1.82. The fourth-order valence-electron chi connectivity index (χ4n) is 5.82. The molecule has 0 spiro atoms. The predicted molar refractivity (Wildman–Crippen MR) is 148 cm³/mol. The summed E-state index contributed by atoms with van der Waals surface area (Å²) in [4.78, 5) is 5.52. The number of hydrogen-bond acceptors (Lipinski definition) is 4. The van der Waals surface area contributed by atoms with Crippen molar-refractivity contribution in [3.8, 4) is 11.5 Å². The van der Waals surface area contributed by atoms with E-state index in [1.54, 1.807) is 14.2 Å². The van der Waals surface area contributed by atoms with Gasteiger partial charge in [0.2, 0.25) is 0 Å². The van der Waals surface area contributed by atoms with Crippen molar-refractivity contribution in [3.05, 3.63) is 48.5 Å². The highest BCUT2D eigenvalue weighted by atomic mass is 31.1. The van der Waals surface area contributed by atoms with E-state index < -0.39 is 7.92 Å². The van der Waals surface area contributed by atoms with Crippen LogP contribution in [-0.4, -0.2) is 65.9 Å². The summed E-state index contributed by atoms with van der Waals surface area (Å²) >= 11 is 0. The van der Waals surface area contributed by atoms with Gasteiger partial charge in [0.1, 0.15) is 11.5 Å². The normalized spacial score (nSPS) is 20.4. The molecule has 0 heterocycles. The first-order valence-corrected chi connectivity index (χ1v) is 14.2. The molecule has 1 fully saturated rings. The summed E-state index contributed by atoms with van der Waals surface area (Å²) in [5.41, 5.74) is 0.561. The van der Waals surface area contributed by atoms with Gasteiger partial charge in [0.15, 0.2) is 0 Å². The van der Waals surface area contributed by atoms with Crippen LogP contribution in [0, 0.1) is 0 Å². The van der Waals surface area contributed by atoms with Gasteiger partial charge in [-0.05, 0) is 98.2 Å². The molecule has 2 unspecified atom stereocenters. The van der Waals surface area contributed by atoms with E-state index in [0.29, 0.717) is 41.9 Å². The first kappa shape index (κ1) is 27.0. The number of hydrogen-bond donors (Lipinski definition) is 0.